The molecule has 1 aliphatic carbocycles. The van der Waals surface area contributed by atoms with Crippen molar-refractivity contribution in [1.82, 2.24) is 4.72 Å². The molecule has 0 aromatic carbocycles. The average molecular weight is 220 g/mol. The van der Waals surface area contributed by atoms with E-state index in [1.165, 1.54) is 0 Å². The van der Waals surface area contributed by atoms with E-state index in [0.717, 1.165) is 0 Å². The highest BCUT2D eigenvalue weighted by molar-refractivity contribution is 7.90. The van der Waals surface area contributed by atoms with Gasteiger partial charge < -0.3 is 5.73 Å². The van der Waals surface area contributed by atoms with E-state index >= 15 is 0 Å². The predicted octanol–water partition coefficient (Wildman–Crippen LogP) is -0.420. The Morgan fingerprint density at radius 2 is 2.14 bits per heavy atom. The van der Waals surface area contributed by atoms with Crippen molar-refractivity contribution < 1.29 is 13.2 Å². The van der Waals surface area contributed by atoms with Gasteiger partial charge in [0.25, 0.3) is 0 Å². The standard InChI is InChI=1S/C8H16N2O3S/c1-6(5-9)4-8(11)10-14(12,13)7-2-3-7/h6-7H,2-5,9H2,1H3,(H,10,11). The van der Waals surface area contributed by atoms with Gasteiger partial charge in [-0.25, -0.2) is 8.42 Å². The Morgan fingerprint density at radius 1 is 1.57 bits per heavy atom. The molecule has 1 aliphatic rings. The zero-order valence-electron chi connectivity index (χ0n) is 8.19. The van der Waals surface area contributed by atoms with Crippen LogP contribution in [0.1, 0.15) is 26.2 Å². The molecule has 1 amide bonds. The van der Waals surface area contributed by atoms with Gasteiger partial charge in [0.2, 0.25) is 15.9 Å². The molecule has 0 heterocycles. The quantitative estimate of drug-likeness (QED) is 0.658. The van der Waals surface area contributed by atoms with Crippen LogP contribution in [0.2, 0.25) is 0 Å². The minimum Gasteiger partial charge on any atom is -0.330 e. The monoisotopic (exact) mass is 220 g/mol. The van der Waals surface area contributed by atoms with E-state index in [2.05, 4.69) is 4.72 Å². The predicted molar refractivity (Wildman–Crippen MR) is 52.9 cm³/mol. The van der Waals surface area contributed by atoms with Gasteiger partial charge in [-0.3, -0.25) is 9.52 Å². The fourth-order valence-electron chi connectivity index (χ4n) is 1.06. The summed E-state index contributed by atoms with van der Waals surface area (Å²) >= 11 is 0. The van der Waals surface area contributed by atoms with Gasteiger partial charge in [-0.15, -0.1) is 0 Å². The number of hydrogen-bond acceptors (Lipinski definition) is 4. The van der Waals surface area contributed by atoms with E-state index in [0.29, 0.717) is 19.4 Å². The lowest BCUT2D eigenvalue weighted by molar-refractivity contribution is -0.120. The van der Waals surface area contributed by atoms with Crippen molar-refractivity contribution in [3.8, 4) is 0 Å². The number of nitrogens with one attached hydrogen (secondary N) is 1. The molecule has 82 valence electrons. The van der Waals surface area contributed by atoms with Crippen LogP contribution in [0.4, 0.5) is 0 Å². The lowest BCUT2D eigenvalue weighted by Gasteiger charge is -2.08. The summed E-state index contributed by atoms with van der Waals surface area (Å²) in [6.07, 6.45) is 1.49. The van der Waals surface area contributed by atoms with Crippen molar-refractivity contribution in [2.24, 2.45) is 11.7 Å². The number of amides is 1. The largest absolute Gasteiger partial charge is 0.330 e. The number of carbonyl (C=O) groups excluding carboxylic acids is 1. The van der Waals surface area contributed by atoms with Crippen LogP contribution in [0.25, 0.3) is 0 Å². The molecule has 14 heavy (non-hydrogen) atoms. The second-order valence-electron chi connectivity index (χ2n) is 3.81. The maximum absolute atomic E-state index is 11.3. The van der Waals surface area contributed by atoms with Crippen molar-refractivity contribution in [3.63, 3.8) is 0 Å². The Bertz CT molecular complexity index is 309. The summed E-state index contributed by atoms with van der Waals surface area (Å²) in [6, 6.07) is 0. The Kier molecular flexibility index (Phi) is 3.49. The molecule has 0 aromatic rings. The van der Waals surface area contributed by atoms with Gasteiger partial charge in [-0.1, -0.05) is 6.92 Å². The minimum absolute atomic E-state index is 0.0180. The fourth-order valence-corrected chi connectivity index (χ4v) is 2.39. The van der Waals surface area contributed by atoms with Crippen LogP contribution in [0, 0.1) is 5.92 Å². The molecule has 3 N–H and O–H groups in total. The molecule has 1 unspecified atom stereocenters. The topological polar surface area (TPSA) is 89.3 Å². The first-order chi connectivity index (χ1) is 6.45. The summed E-state index contributed by atoms with van der Waals surface area (Å²) in [5.74, 6) is -0.431. The summed E-state index contributed by atoms with van der Waals surface area (Å²) in [4.78, 5) is 11.2. The molecule has 6 heteroatoms. The average Bonchev–Trinajstić information content (AvgIpc) is 2.84. The molecule has 0 saturated heterocycles. The first-order valence-corrected chi connectivity index (χ1v) is 6.25. The second-order valence-corrected chi connectivity index (χ2v) is 5.78. The molecule has 0 spiro atoms. The van der Waals surface area contributed by atoms with E-state index in [1.807, 2.05) is 6.92 Å². The van der Waals surface area contributed by atoms with E-state index in [4.69, 9.17) is 5.73 Å². The highest BCUT2D eigenvalue weighted by Gasteiger charge is 2.36. The van der Waals surface area contributed by atoms with Crippen molar-refractivity contribution >= 4 is 15.9 Å². The number of hydrogen-bond donors (Lipinski definition) is 2. The summed E-state index contributed by atoms with van der Waals surface area (Å²) in [7, 11) is -3.38. The molecule has 0 aliphatic heterocycles. The van der Waals surface area contributed by atoms with Gasteiger partial charge in [-0.05, 0) is 25.3 Å². The van der Waals surface area contributed by atoms with Gasteiger partial charge in [-0.2, -0.15) is 0 Å². The molecule has 0 aromatic heterocycles. The zero-order chi connectivity index (χ0) is 10.8. The summed E-state index contributed by atoms with van der Waals surface area (Å²) < 4.78 is 24.7. The SMILES string of the molecule is CC(CN)CC(=O)NS(=O)(=O)C1CC1. The van der Waals surface area contributed by atoms with Crippen molar-refractivity contribution in [2.45, 2.75) is 31.4 Å². The smallest absolute Gasteiger partial charge is 0.237 e. The number of carbonyl (C=O) groups is 1. The van der Waals surface area contributed by atoms with Crippen LogP contribution in [0.3, 0.4) is 0 Å². The van der Waals surface area contributed by atoms with E-state index in [-0.39, 0.29) is 17.6 Å². The highest BCUT2D eigenvalue weighted by Crippen LogP contribution is 2.27. The number of nitrogens with two attached hydrogens (primary N) is 1. The Labute approximate surface area is 84.1 Å². The minimum atomic E-state index is -3.38. The Balaban J connectivity index is 2.40. The van der Waals surface area contributed by atoms with E-state index in [9.17, 15) is 13.2 Å². The van der Waals surface area contributed by atoms with Gasteiger partial charge >= 0.3 is 0 Å². The number of rotatable bonds is 5. The molecule has 1 atom stereocenters. The molecular weight excluding hydrogens is 204 g/mol. The lowest BCUT2D eigenvalue weighted by atomic mass is 10.1. The first kappa shape index (κ1) is 11.5. The molecule has 1 saturated carbocycles. The Hall–Kier alpha value is -0.620. The molecule has 5 nitrogen and oxygen atoms in total. The molecule has 0 bridgehead atoms. The normalized spacial score (nSPS) is 19.0. The van der Waals surface area contributed by atoms with Crippen LogP contribution in [0.5, 0.6) is 0 Å². The second kappa shape index (κ2) is 4.27. The first-order valence-electron chi connectivity index (χ1n) is 4.70. The van der Waals surface area contributed by atoms with Crippen LogP contribution in [-0.2, 0) is 14.8 Å². The summed E-state index contributed by atoms with van der Waals surface area (Å²) in [6.45, 7) is 2.19. The van der Waals surface area contributed by atoms with Crippen molar-refractivity contribution in [2.75, 3.05) is 6.54 Å². The zero-order valence-corrected chi connectivity index (χ0v) is 9.01. The maximum Gasteiger partial charge on any atom is 0.237 e. The lowest BCUT2D eigenvalue weighted by Crippen LogP contribution is -2.34. The molecule has 0 radical (unpaired) electrons. The van der Waals surface area contributed by atoms with E-state index < -0.39 is 15.9 Å². The summed E-state index contributed by atoms with van der Waals surface area (Å²) in [5.41, 5.74) is 5.33. The molecule has 1 fully saturated rings. The fraction of sp³-hybridized carbons (Fsp3) is 0.875. The van der Waals surface area contributed by atoms with Crippen LogP contribution in [0.15, 0.2) is 0 Å². The number of sulfonamides is 1. The Morgan fingerprint density at radius 3 is 2.57 bits per heavy atom. The van der Waals surface area contributed by atoms with Crippen LogP contribution < -0.4 is 10.5 Å². The maximum atomic E-state index is 11.3. The van der Waals surface area contributed by atoms with Gasteiger partial charge in [0.05, 0.1) is 5.25 Å². The van der Waals surface area contributed by atoms with Crippen LogP contribution >= 0.6 is 0 Å². The molecule has 1 rings (SSSR count). The third-order valence-electron chi connectivity index (χ3n) is 2.16. The third kappa shape index (κ3) is 3.26. The third-order valence-corrected chi connectivity index (χ3v) is 4.02. The van der Waals surface area contributed by atoms with Gasteiger partial charge in [0.15, 0.2) is 0 Å². The van der Waals surface area contributed by atoms with Gasteiger partial charge in [0, 0.05) is 6.42 Å². The van der Waals surface area contributed by atoms with Gasteiger partial charge in [0.1, 0.15) is 0 Å². The van der Waals surface area contributed by atoms with E-state index in [1.54, 1.807) is 0 Å². The molecular formula is C8H16N2O3S. The van der Waals surface area contributed by atoms with Crippen LogP contribution in [-0.4, -0.2) is 26.1 Å². The van der Waals surface area contributed by atoms with Crippen molar-refractivity contribution in [3.05, 3.63) is 0 Å². The van der Waals surface area contributed by atoms with Crippen molar-refractivity contribution in [1.29, 1.82) is 0 Å². The highest BCUT2D eigenvalue weighted by atomic mass is 32.2. The summed E-state index contributed by atoms with van der Waals surface area (Å²) in [5, 5.41) is -0.348.